The maximum Gasteiger partial charge on any atom is 0.236 e. The van der Waals surface area contributed by atoms with Crippen molar-refractivity contribution in [2.75, 3.05) is 13.3 Å². The van der Waals surface area contributed by atoms with Crippen molar-refractivity contribution in [2.24, 2.45) is 5.92 Å². The number of nitrogens with one attached hydrogen (secondary N) is 2. The summed E-state index contributed by atoms with van der Waals surface area (Å²) in [4.78, 5) is 11.9. The number of hydrogen-bond acceptors (Lipinski definition) is 5. The molecule has 0 saturated heterocycles. The van der Waals surface area contributed by atoms with Crippen molar-refractivity contribution in [1.82, 2.24) is 10.6 Å². The van der Waals surface area contributed by atoms with Gasteiger partial charge in [0.05, 0.1) is 6.04 Å². The van der Waals surface area contributed by atoms with E-state index in [1.165, 1.54) is 6.07 Å². The predicted octanol–water partition coefficient (Wildman–Crippen LogP) is 1.37. The minimum absolute atomic E-state index is 0.0519. The van der Waals surface area contributed by atoms with Gasteiger partial charge in [0.15, 0.2) is 11.5 Å². The van der Waals surface area contributed by atoms with Crippen LogP contribution in [0.5, 0.6) is 17.2 Å². The fourth-order valence-corrected chi connectivity index (χ4v) is 1.93. The van der Waals surface area contributed by atoms with E-state index in [1.807, 2.05) is 13.8 Å². The van der Waals surface area contributed by atoms with Crippen molar-refractivity contribution in [3.05, 3.63) is 17.7 Å². The summed E-state index contributed by atoms with van der Waals surface area (Å²) in [7, 11) is 0. The van der Waals surface area contributed by atoms with E-state index < -0.39 is 0 Å². The van der Waals surface area contributed by atoms with Crippen LogP contribution < -0.4 is 20.1 Å². The van der Waals surface area contributed by atoms with Crippen molar-refractivity contribution in [1.29, 1.82) is 0 Å². The first-order chi connectivity index (χ1) is 9.97. The Morgan fingerprint density at radius 3 is 2.62 bits per heavy atom. The summed E-state index contributed by atoms with van der Waals surface area (Å²) in [5.74, 6) is 1.64. The average molecular weight is 294 g/mol. The van der Waals surface area contributed by atoms with Gasteiger partial charge in [-0.2, -0.15) is 0 Å². The van der Waals surface area contributed by atoms with Gasteiger partial charge in [-0.15, -0.1) is 0 Å². The number of rotatable bonds is 6. The Morgan fingerprint density at radius 1 is 1.29 bits per heavy atom. The molecule has 1 aromatic carbocycles. The number of fused-ring (bicyclic) bond motifs is 1. The predicted molar refractivity (Wildman–Crippen MR) is 78.4 cm³/mol. The largest absolute Gasteiger partial charge is 0.507 e. The second-order valence-corrected chi connectivity index (χ2v) is 5.58. The summed E-state index contributed by atoms with van der Waals surface area (Å²) in [6, 6.07) is 2.92. The third-order valence-electron chi connectivity index (χ3n) is 3.25. The van der Waals surface area contributed by atoms with E-state index in [1.54, 1.807) is 13.0 Å². The quantitative estimate of drug-likeness (QED) is 0.738. The smallest absolute Gasteiger partial charge is 0.236 e. The summed E-state index contributed by atoms with van der Waals surface area (Å²) >= 11 is 0. The van der Waals surface area contributed by atoms with Gasteiger partial charge in [-0.1, -0.05) is 13.8 Å². The lowest BCUT2D eigenvalue weighted by Crippen LogP contribution is -2.42. The van der Waals surface area contributed by atoms with Gasteiger partial charge in [0.25, 0.3) is 0 Å². The molecule has 0 saturated carbocycles. The molecule has 6 nitrogen and oxygen atoms in total. The van der Waals surface area contributed by atoms with E-state index in [0.717, 1.165) is 0 Å². The number of phenols is 1. The first kappa shape index (κ1) is 15.4. The molecule has 0 aromatic heterocycles. The summed E-state index contributed by atoms with van der Waals surface area (Å²) in [5, 5.41) is 15.9. The fourth-order valence-electron chi connectivity index (χ4n) is 1.93. The van der Waals surface area contributed by atoms with Gasteiger partial charge >= 0.3 is 0 Å². The minimum atomic E-state index is -0.339. The van der Waals surface area contributed by atoms with Crippen LogP contribution in [-0.4, -0.2) is 30.4 Å². The van der Waals surface area contributed by atoms with Crippen molar-refractivity contribution in [3.63, 3.8) is 0 Å². The van der Waals surface area contributed by atoms with Crippen LogP contribution in [0, 0.1) is 5.92 Å². The molecule has 6 heteroatoms. The maximum atomic E-state index is 11.9. The van der Waals surface area contributed by atoms with Gasteiger partial charge in [-0.25, -0.2) is 0 Å². The van der Waals surface area contributed by atoms with Gasteiger partial charge in [0.1, 0.15) is 5.75 Å². The molecule has 1 heterocycles. The minimum Gasteiger partial charge on any atom is -0.507 e. The van der Waals surface area contributed by atoms with Crippen LogP contribution in [0.3, 0.4) is 0 Å². The van der Waals surface area contributed by atoms with Gasteiger partial charge in [-0.05, 0) is 18.9 Å². The molecule has 1 aliphatic heterocycles. The lowest BCUT2D eigenvalue weighted by molar-refractivity contribution is -0.122. The molecule has 3 N–H and O–H groups in total. The zero-order chi connectivity index (χ0) is 15.4. The van der Waals surface area contributed by atoms with Crippen LogP contribution in [0.4, 0.5) is 0 Å². The molecule has 116 valence electrons. The number of hydrogen-bond donors (Lipinski definition) is 3. The van der Waals surface area contributed by atoms with Crippen molar-refractivity contribution < 1.29 is 19.4 Å². The standard InChI is InChI=1S/C15H22N2O4/c1-9(2)6-17-15(19)10(3)16-7-11-4-13-14(5-12(11)18)21-8-20-13/h4-5,9-10,16,18H,6-8H2,1-3H3,(H,17,19). The molecule has 1 aromatic rings. The van der Waals surface area contributed by atoms with E-state index >= 15 is 0 Å². The molecule has 0 bridgehead atoms. The monoisotopic (exact) mass is 294 g/mol. The number of phenolic OH excluding ortho intramolecular Hbond substituents is 1. The molecule has 0 fully saturated rings. The molecule has 21 heavy (non-hydrogen) atoms. The number of aromatic hydroxyl groups is 1. The van der Waals surface area contributed by atoms with Gasteiger partial charge in [0.2, 0.25) is 12.7 Å². The molecule has 1 amide bonds. The third kappa shape index (κ3) is 4.01. The van der Waals surface area contributed by atoms with E-state index in [0.29, 0.717) is 36.1 Å². The zero-order valence-electron chi connectivity index (χ0n) is 12.6. The Bertz CT molecular complexity index is 517. The van der Waals surface area contributed by atoms with Crippen LogP contribution in [-0.2, 0) is 11.3 Å². The lowest BCUT2D eigenvalue weighted by atomic mass is 10.1. The Hall–Kier alpha value is -1.95. The highest BCUT2D eigenvalue weighted by molar-refractivity contribution is 5.81. The fraction of sp³-hybridized carbons (Fsp3) is 0.533. The van der Waals surface area contributed by atoms with E-state index in [2.05, 4.69) is 10.6 Å². The Kier molecular flexibility index (Phi) is 4.90. The van der Waals surface area contributed by atoms with Gasteiger partial charge in [0, 0.05) is 24.7 Å². The van der Waals surface area contributed by atoms with E-state index in [-0.39, 0.29) is 24.5 Å². The van der Waals surface area contributed by atoms with Crippen molar-refractivity contribution >= 4 is 5.91 Å². The molecule has 0 radical (unpaired) electrons. The molecule has 1 aliphatic rings. The van der Waals surface area contributed by atoms with E-state index in [4.69, 9.17) is 9.47 Å². The average Bonchev–Trinajstić information content (AvgIpc) is 2.88. The Balaban J connectivity index is 1.89. The van der Waals surface area contributed by atoms with Gasteiger partial charge < -0.3 is 25.2 Å². The summed E-state index contributed by atoms with van der Waals surface area (Å²) in [6.07, 6.45) is 0. The molecule has 2 rings (SSSR count). The number of benzene rings is 1. The van der Waals surface area contributed by atoms with Crippen LogP contribution in [0.2, 0.25) is 0 Å². The van der Waals surface area contributed by atoms with Crippen LogP contribution in [0.1, 0.15) is 26.3 Å². The van der Waals surface area contributed by atoms with Crippen LogP contribution in [0.15, 0.2) is 12.1 Å². The highest BCUT2D eigenvalue weighted by atomic mass is 16.7. The second-order valence-electron chi connectivity index (χ2n) is 5.58. The lowest BCUT2D eigenvalue weighted by Gasteiger charge is -2.15. The topological polar surface area (TPSA) is 79.8 Å². The van der Waals surface area contributed by atoms with Crippen molar-refractivity contribution in [3.8, 4) is 17.2 Å². The number of carbonyl (C=O) groups is 1. The Labute approximate surface area is 124 Å². The molecular formula is C15H22N2O4. The van der Waals surface area contributed by atoms with Crippen molar-refractivity contribution in [2.45, 2.75) is 33.4 Å². The number of ether oxygens (including phenoxy) is 2. The highest BCUT2D eigenvalue weighted by Crippen LogP contribution is 2.37. The number of amides is 1. The molecule has 1 atom stereocenters. The molecule has 0 aliphatic carbocycles. The normalized spacial score (nSPS) is 14.3. The first-order valence-electron chi connectivity index (χ1n) is 7.10. The number of carbonyl (C=O) groups excluding carboxylic acids is 1. The van der Waals surface area contributed by atoms with Crippen LogP contribution in [0.25, 0.3) is 0 Å². The summed E-state index contributed by atoms with van der Waals surface area (Å²) in [6.45, 7) is 7.07. The molecular weight excluding hydrogens is 272 g/mol. The second kappa shape index (κ2) is 6.67. The SMILES string of the molecule is CC(C)CNC(=O)C(C)NCc1cc2c(cc1O)OCO2. The van der Waals surface area contributed by atoms with Gasteiger partial charge in [-0.3, -0.25) is 4.79 Å². The Morgan fingerprint density at radius 2 is 1.95 bits per heavy atom. The molecule has 0 spiro atoms. The molecule has 1 unspecified atom stereocenters. The first-order valence-corrected chi connectivity index (χ1v) is 7.10. The third-order valence-corrected chi connectivity index (χ3v) is 3.25. The van der Waals surface area contributed by atoms with E-state index in [9.17, 15) is 9.90 Å². The van der Waals surface area contributed by atoms with Crippen LogP contribution >= 0.6 is 0 Å². The summed E-state index contributed by atoms with van der Waals surface area (Å²) < 4.78 is 10.5. The maximum absolute atomic E-state index is 11.9. The zero-order valence-corrected chi connectivity index (χ0v) is 12.6. The highest BCUT2D eigenvalue weighted by Gasteiger charge is 2.18. The summed E-state index contributed by atoms with van der Waals surface area (Å²) in [5.41, 5.74) is 0.669.